The average molecular weight is 321 g/mol. The SMILES string of the molecule is Nc1ccc(Br)c(-c2n[nH]c(C3CCCCC3)n2)c1. The van der Waals surface area contributed by atoms with Gasteiger partial charge in [-0.15, -0.1) is 0 Å². The number of aromatic nitrogens is 3. The predicted molar refractivity (Wildman–Crippen MR) is 79.8 cm³/mol. The lowest BCUT2D eigenvalue weighted by Crippen LogP contribution is -2.06. The quantitative estimate of drug-likeness (QED) is 0.825. The van der Waals surface area contributed by atoms with Gasteiger partial charge in [0, 0.05) is 21.6 Å². The number of rotatable bonds is 2. The first-order valence-electron chi connectivity index (χ1n) is 6.72. The van der Waals surface area contributed by atoms with Crippen molar-refractivity contribution in [2.45, 2.75) is 38.0 Å². The van der Waals surface area contributed by atoms with Crippen LogP contribution in [-0.4, -0.2) is 15.2 Å². The van der Waals surface area contributed by atoms with E-state index in [9.17, 15) is 0 Å². The van der Waals surface area contributed by atoms with Crippen LogP contribution in [0.5, 0.6) is 0 Å². The first-order chi connectivity index (χ1) is 9.24. The third kappa shape index (κ3) is 2.66. The second-order valence-electron chi connectivity index (χ2n) is 5.12. The molecule has 2 aromatic rings. The number of nitrogens with zero attached hydrogens (tertiary/aromatic N) is 2. The molecule has 100 valence electrons. The van der Waals surface area contributed by atoms with Gasteiger partial charge in [0.15, 0.2) is 5.82 Å². The number of nitrogens with two attached hydrogens (primary N) is 1. The van der Waals surface area contributed by atoms with E-state index in [1.54, 1.807) is 0 Å². The largest absolute Gasteiger partial charge is 0.399 e. The normalized spacial score (nSPS) is 16.7. The van der Waals surface area contributed by atoms with E-state index in [2.05, 4.69) is 31.1 Å². The van der Waals surface area contributed by atoms with Gasteiger partial charge >= 0.3 is 0 Å². The van der Waals surface area contributed by atoms with Crippen molar-refractivity contribution in [3.8, 4) is 11.4 Å². The number of anilines is 1. The van der Waals surface area contributed by atoms with Crippen molar-refractivity contribution in [2.75, 3.05) is 5.73 Å². The molecular formula is C14H17BrN4. The molecule has 4 nitrogen and oxygen atoms in total. The van der Waals surface area contributed by atoms with Gasteiger partial charge < -0.3 is 5.73 Å². The molecule has 3 rings (SSSR count). The number of nitrogens with one attached hydrogen (secondary N) is 1. The second kappa shape index (κ2) is 5.33. The Morgan fingerprint density at radius 3 is 2.79 bits per heavy atom. The van der Waals surface area contributed by atoms with Gasteiger partial charge in [-0.05, 0) is 31.0 Å². The Balaban J connectivity index is 1.89. The molecule has 1 aromatic heterocycles. The highest BCUT2D eigenvalue weighted by Gasteiger charge is 2.20. The fraction of sp³-hybridized carbons (Fsp3) is 0.429. The second-order valence-corrected chi connectivity index (χ2v) is 5.97. The molecule has 0 bridgehead atoms. The zero-order valence-electron chi connectivity index (χ0n) is 10.7. The fourth-order valence-corrected chi connectivity index (χ4v) is 3.09. The van der Waals surface area contributed by atoms with E-state index in [-0.39, 0.29) is 0 Å². The minimum Gasteiger partial charge on any atom is -0.399 e. The molecule has 1 aliphatic rings. The molecule has 1 heterocycles. The van der Waals surface area contributed by atoms with Crippen LogP contribution in [0.4, 0.5) is 5.69 Å². The van der Waals surface area contributed by atoms with E-state index >= 15 is 0 Å². The Hall–Kier alpha value is -1.36. The summed E-state index contributed by atoms with van der Waals surface area (Å²) >= 11 is 3.52. The first kappa shape index (κ1) is 12.7. The van der Waals surface area contributed by atoms with Crippen molar-refractivity contribution < 1.29 is 0 Å². The molecule has 0 atom stereocenters. The summed E-state index contributed by atoms with van der Waals surface area (Å²) in [4.78, 5) is 4.65. The number of halogens is 1. The van der Waals surface area contributed by atoms with E-state index < -0.39 is 0 Å². The highest BCUT2D eigenvalue weighted by molar-refractivity contribution is 9.10. The van der Waals surface area contributed by atoms with Gasteiger partial charge in [-0.1, -0.05) is 35.2 Å². The zero-order chi connectivity index (χ0) is 13.2. The summed E-state index contributed by atoms with van der Waals surface area (Å²) in [6.45, 7) is 0. The van der Waals surface area contributed by atoms with Crippen LogP contribution in [0.1, 0.15) is 43.8 Å². The summed E-state index contributed by atoms with van der Waals surface area (Å²) in [6, 6.07) is 5.70. The van der Waals surface area contributed by atoms with Gasteiger partial charge in [-0.3, -0.25) is 5.10 Å². The molecule has 1 aromatic carbocycles. The molecule has 0 spiro atoms. The van der Waals surface area contributed by atoms with Gasteiger partial charge in [0.05, 0.1) is 0 Å². The van der Waals surface area contributed by atoms with Crippen LogP contribution < -0.4 is 5.73 Å². The van der Waals surface area contributed by atoms with E-state index in [1.807, 2.05) is 18.2 Å². The van der Waals surface area contributed by atoms with Crippen LogP contribution in [0.25, 0.3) is 11.4 Å². The molecule has 0 saturated heterocycles. The number of H-pyrrole nitrogens is 1. The third-order valence-corrected chi connectivity index (χ3v) is 4.42. The summed E-state index contributed by atoms with van der Waals surface area (Å²) in [5.74, 6) is 2.28. The number of aromatic amines is 1. The molecular weight excluding hydrogens is 304 g/mol. The minimum absolute atomic E-state index is 0.537. The Labute approximate surface area is 120 Å². The molecule has 0 unspecified atom stereocenters. The van der Waals surface area contributed by atoms with Crippen molar-refractivity contribution in [2.24, 2.45) is 0 Å². The summed E-state index contributed by atoms with van der Waals surface area (Å²) in [5, 5.41) is 7.44. The van der Waals surface area contributed by atoms with Gasteiger partial charge in [-0.25, -0.2) is 4.98 Å². The number of hydrogen-bond acceptors (Lipinski definition) is 3. The number of benzene rings is 1. The molecule has 19 heavy (non-hydrogen) atoms. The Morgan fingerprint density at radius 1 is 1.21 bits per heavy atom. The van der Waals surface area contributed by atoms with Crippen molar-refractivity contribution in [1.29, 1.82) is 0 Å². The van der Waals surface area contributed by atoms with E-state index in [1.165, 1.54) is 32.1 Å². The van der Waals surface area contributed by atoms with Crippen LogP contribution in [0, 0.1) is 0 Å². The topological polar surface area (TPSA) is 67.6 Å². The van der Waals surface area contributed by atoms with Gasteiger partial charge in [0.2, 0.25) is 0 Å². The summed E-state index contributed by atoms with van der Waals surface area (Å²) < 4.78 is 0.968. The zero-order valence-corrected chi connectivity index (χ0v) is 12.3. The molecule has 1 aliphatic carbocycles. The fourth-order valence-electron chi connectivity index (χ4n) is 2.67. The van der Waals surface area contributed by atoms with Crippen LogP contribution in [-0.2, 0) is 0 Å². The lowest BCUT2D eigenvalue weighted by molar-refractivity contribution is 0.429. The van der Waals surface area contributed by atoms with Gasteiger partial charge in [0.25, 0.3) is 0 Å². The summed E-state index contributed by atoms with van der Waals surface area (Å²) in [7, 11) is 0. The van der Waals surface area contributed by atoms with Crippen molar-refractivity contribution in [3.63, 3.8) is 0 Å². The number of nitrogen functional groups attached to an aromatic ring is 1. The smallest absolute Gasteiger partial charge is 0.182 e. The van der Waals surface area contributed by atoms with Crippen molar-refractivity contribution in [3.05, 3.63) is 28.5 Å². The first-order valence-corrected chi connectivity index (χ1v) is 7.51. The van der Waals surface area contributed by atoms with E-state index in [0.717, 1.165) is 27.4 Å². The van der Waals surface area contributed by atoms with Crippen molar-refractivity contribution >= 4 is 21.6 Å². The van der Waals surface area contributed by atoms with Crippen LogP contribution >= 0.6 is 15.9 Å². The molecule has 5 heteroatoms. The third-order valence-electron chi connectivity index (χ3n) is 3.73. The predicted octanol–water partition coefficient (Wildman–Crippen LogP) is 3.86. The Morgan fingerprint density at radius 2 is 2.00 bits per heavy atom. The maximum absolute atomic E-state index is 5.83. The van der Waals surface area contributed by atoms with Crippen LogP contribution in [0.3, 0.4) is 0 Å². The Bertz CT molecular complexity index is 573. The van der Waals surface area contributed by atoms with Gasteiger partial charge in [-0.2, -0.15) is 5.10 Å². The van der Waals surface area contributed by atoms with E-state index in [0.29, 0.717) is 5.92 Å². The molecule has 0 amide bonds. The molecule has 1 fully saturated rings. The standard InChI is InChI=1S/C14H17BrN4/c15-12-7-6-10(16)8-11(12)14-17-13(18-19-14)9-4-2-1-3-5-9/h6-9H,1-5,16H2,(H,17,18,19). The van der Waals surface area contributed by atoms with Crippen LogP contribution in [0.15, 0.2) is 22.7 Å². The van der Waals surface area contributed by atoms with Crippen molar-refractivity contribution in [1.82, 2.24) is 15.2 Å². The maximum Gasteiger partial charge on any atom is 0.182 e. The molecule has 0 aliphatic heterocycles. The average Bonchev–Trinajstić information content (AvgIpc) is 2.92. The maximum atomic E-state index is 5.83. The lowest BCUT2D eigenvalue weighted by atomic mass is 9.89. The summed E-state index contributed by atoms with van der Waals surface area (Å²) in [5.41, 5.74) is 7.49. The minimum atomic E-state index is 0.537. The molecule has 3 N–H and O–H groups in total. The number of hydrogen-bond donors (Lipinski definition) is 2. The highest BCUT2D eigenvalue weighted by Crippen LogP contribution is 2.33. The monoisotopic (exact) mass is 320 g/mol. The Kier molecular flexibility index (Phi) is 3.55. The lowest BCUT2D eigenvalue weighted by Gasteiger charge is -2.18. The van der Waals surface area contributed by atoms with Gasteiger partial charge in [0.1, 0.15) is 5.82 Å². The molecule has 0 radical (unpaired) electrons. The van der Waals surface area contributed by atoms with E-state index in [4.69, 9.17) is 5.73 Å². The molecule has 1 saturated carbocycles. The highest BCUT2D eigenvalue weighted by atomic mass is 79.9. The summed E-state index contributed by atoms with van der Waals surface area (Å²) in [6.07, 6.45) is 6.36. The van der Waals surface area contributed by atoms with Crippen LogP contribution in [0.2, 0.25) is 0 Å².